The molecule has 4 rings (SSSR count). The van der Waals surface area contributed by atoms with Crippen LogP contribution in [0.1, 0.15) is 44.9 Å². The molecule has 22 heavy (non-hydrogen) atoms. The van der Waals surface area contributed by atoms with Crippen LogP contribution in [0.25, 0.3) is 0 Å². The zero-order chi connectivity index (χ0) is 14.8. The summed E-state index contributed by atoms with van der Waals surface area (Å²) in [5.41, 5.74) is 0.211. The molecule has 0 amide bonds. The Morgan fingerprint density at radius 1 is 1.14 bits per heavy atom. The lowest BCUT2D eigenvalue weighted by molar-refractivity contribution is -0.0198. The first-order chi connectivity index (χ1) is 10.9. The number of likely N-dealkylation sites (tertiary alicyclic amines) is 1. The number of nitrogens with one attached hydrogen (secondary N) is 1. The van der Waals surface area contributed by atoms with Crippen molar-refractivity contribution in [3.05, 3.63) is 0 Å². The minimum Gasteiger partial charge on any atom is -0.470 e. The maximum Gasteiger partial charge on any atom is 0.232 e. The van der Waals surface area contributed by atoms with E-state index in [-0.39, 0.29) is 11.5 Å². The molecule has 4 aliphatic rings. The molecule has 1 saturated carbocycles. The fourth-order valence-corrected chi connectivity index (χ4v) is 4.43. The molecule has 1 N–H and O–H groups in total. The Hall–Kier alpha value is -0.810. The van der Waals surface area contributed by atoms with Gasteiger partial charge in [0.25, 0.3) is 0 Å². The zero-order valence-corrected chi connectivity index (χ0v) is 13.6. The average Bonchev–Trinajstić information content (AvgIpc) is 3.39. The Labute approximate surface area is 133 Å². The van der Waals surface area contributed by atoms with Crippen LogP contribution in [0, 0.1) is 11.3 Å². The van der Waals surface area contributed by atoms with Crippen LogP contribution in [-0.2, 0) is 9.57 Å². The smallest absolute Gasteiger partial charge is 0.232 e. The van der Waals surface area contributed by atoms with Gasteiger partial charge < -0.3 is 14.9 Å². The average molecular weight is 307 g/mol. The molecule has 0 aromatic rings. The van der Waals surface area contributed by atoms with Gasteiger partial charge in [-0.2, -0.15) is 0 Å². The third-order valence-electron chi connectivity index (χ3n) is 5.93. The Kier molecular flexibility index (Phi) is 4.27. The Balaban J connectivity index is 1.37. The molecule has 1 aliphatic carbocycles. The van der Waals surface area contributed by atoms with Crippen LogP contribution in [0.2, 0.25) is 0 Å². The molecule has 124 valence electrons. The molecule has 0 bridgehead atoms. The summed E-state index contributed by atoms with van der Waals surface area (Å²) in [5.74, 6) is 1.65. The molecule has 3 heterocycles. The summed E-state index contributed by atoms with van der Waals surface area (Å²) in [7, 11) is 0. The highest BCUT2D eigenvalue weighted by molar-refractivity contribution is 5.85. The summed E-state index contributed by atoms with van der Waals surface area (Å²) in [6.07, 6.45) is 9.17. The highest BCUT2D eigenvalue weighted by Crippen LogP contribution is 2.56. The van der Waals surface area contributed by atoms with Crippen LogP contribution in [-0.4, -0.2) is 56.2 Å². The van der Waals surface area contributed by atoms with E-state index in [1.807, 2.05) is 0 Å². The van der Waals surface area contributed by atoms with E-state index in [1.165, 1.54) is 58.0 Å². The first-order valence-electron chi connectivity index (χ1n) is 9.17. The lowest BCUT2D eigenvalue weighted by Crippen LogP contribution is -2.45. The van der Waals surface area contributed by atoms with Gasteiger partial charge in [-0.25, -0.2) is 0 Å². The SMILES string of the molecule is C1CCN(CC2CON=C(C3(C4CCNCC4)CC3)O2)CC1. The van der Waals surface area contributed by atoms with Crippen molar-refractivity contribution in [2.75, 3.05) is 39.3 Å². The first kappa shape index (κ1) is 14.8. The van der Waals surface area contributed by atoms with Crippen LogP contribution in [0.5, 0.6) is 0 Å². The second-order valence-corrected chi connectivity index (χ2v) is 7.47. The molecule has 2 saturated heterocycles. The summed E-state index contributed by atoms with van der Waals surface area (Å²) in [6.45, 7) is 6.32. The van der Waals surface area contributed by atoms with Crippen molar-refractivity contribution >= 4 is 5.90 Å². The maximum absolute atomic E-state index is 6.33. The van der Waals surface area contributed by atoms with E-state index in [1.54, 1.807) is 0 Å². The highest BCUT2D eigenvalue weighted by Gasteiger charge is 2.56. The van der Waals surface area contributed by atoms with Crippen LogP contribution < -0.4 is 5.32 Å². The zero-order valence-electron chi connectivity index (χ0n) is 13.6. The summed E-state index contributed by atoms with van der Waals surface area (Å²) >= 11 is 0. The third kappa shape index (κ3) is 2.98. The van der Waals surface area contributed by atoms with Gasteiger partial charge in [0.05, 0.1) is 5.41 Å². The normalized spacial score (nSPS) is 32.7. The second-order valence-electron chi connectivity index (χ2n) is 7.47. The van der Waals surface area contributed by atoms with E-state index in [0.29, 0.717) is 6.61 Å². The predicted molar refractivity (Wildman–Crippen MR) is 85.8 cm³/mol. The molecule has 3 fully saturated rings. The van der Waals surface area contributed by atoms with Crippen molar-refractivity contribution in [1.82, 2.24) is 10.2 Å². The third-order valence-corrected chi connectivity index (χ3v) is 5.93. The van der Waals surface area contributed by atoms with Gasteiger partial charge in [-0.05, 0) is 70.6 Å². The van der Waals surface area contributed by atoms with E-state index in [4.69, 9.17) is 9.57 Å². The Morgan fingerprint density at radius 2 is 1.91 bits per heavy atom. The lowest BCUT2D eigenvalue weighted by atomic mass is 9.81. The molecule has 0 radical (unpaired) electrons. The van der Waals surface area contributed by atoms with Gasteiger partial charge in [-0.1, -0.05) is 11.6 Å². The molecule has 0 aromatic carbocycles. The predicted octanol–water partition coefficient (Wildman–Crippen LogP) is 1.98. The van der Waals surface area contributed by atoms with Crippen molar-refractivity contribution in [1.29, 1.82) is 0 Å². The number of nitrogens with zero attached hydrogens (tertiary/aromatic N) is 2. The van der Waals surface area contributed by atoms with Crippen molar-refractivity contribution in [3.8, 4) is 0 Å². The summed E-state index contributed by atoms with van der Waals surface area (Å²) in [5, 5.41) is 7.80. The van der Waals surface area contributed by atoms with Gasteiger partial charge in [0.2, 0.25) is 5.90 Å². The number of hydrogen-bond donors (Lipinski definition) is 1. The molecular formula is C17H29N3O2. The number of hydrogen-bond acceptors (Lipinski definition) is 5. The Morgan fingerprint density at radius 3 is 2.64 bits per heavy atom. The van der Waals surface area contributed by atoms with Crippen molar-refractivity contribution in [2.45, 2.75) is 51.0 Å². The van der Waals surface area contributed by atoms with Crippen molar-refractivity contribution in [3.63, 3.8) is 0 Å². The fraction of sp³-hybridized carbons (Fsp3) is 0.941. The van der Waals surface area contributed by atoms with E-state index < -0.39 is 0 Å². The largest absolute Gasteiger partial charge is 0.470 e. The highest BCUT2D eigenvalue weighted by atomic mass is 16.7. The maximum atomic E-state index is 6.33. The van der Waals surface area contributed by atoms with E-state index in [0.717, 1.165) is 31.4 Å². The standard InChI is InChI=1S/C17H29N3O2/c1-2-10-20(11-3-1)12-15-13-21-19-16(22-15)17(6-7-17)14-4-8-18-9-5-14/h14-15,18H,1-13H2. The van der Waals surface area contributed by atoms with Crippen molar-refractivity contribution in [2.24, 2.45) is 16.5 Å². The van der Waals surface area contributed by atoms with Crippen LogP contribution in [0.3, 0.4) is 0 Å². The van der Waals surface area contributed by atoms with E-state index in [2.05, 4.69) is 15.4 Å². The minimum absolute atomic E-state index is 0.171. The van der Waals surface area contributed by atoms with Crippen LogP contribution >= 0.6 is 0 Å². The fourth-order valence-electron chi connectivity index (χ4n) is 4.43. The van der Waals surface area contributed by atoms with Crippen molar-refractivity contribution < 1.29 is 9.57 Å². The number of piperidine rings is 2. The minimum atomic E-state index is 0.171. The molecule has 1 unspecified atom stereocenters. The van der Waals surface area contributed by atoms with Gasteiger partial charge in [-0.15, -0.1) is 0 Å². The molecule has 1 atom stereocenters. The topological polar surface area (TPSA) is 46.1 Å². The quantitative estimate of drug-likeness (QED) is 0.863. The number of oxime groups is 1. The van der Waals surface area contributed by atoms with Gasteiger partial charge in [0.1, 0.15) is 6.10 Å². The van der Waals surface area contributed by atoms with Gasteiger partial charge in [0, 0.05) is 6.54 Å². The molecular weight excluding hydrogens is 278 g/mol. The van der Waals surface area contributed by atoms with E-state index >= 15 is 0 Å². The molecule has 5 nitrogen and oxygen atoms in total. The van der Waals surface area contributed by atoms with Crippen LogP contribution in [0.15, 0.2) is 5.16 Å². The molecule has 5 heteroatoms. The summed E-state index contributed by atoms with van der Waals surface area (Å²) < 4.78 is 6.33. The van der Waals surface area contributed by atoms with Gasteiger partial charge in [-0.3, -0.25) is 4.90 Å². The lowest BCUT2D eigenvalue weighted by Gasteiger charge is -2.36. The summed E-state index contributed by atoms with van der Waals surface area (Å²) in [6, 6.07) is 0. The van der Waals surface area contributed by atoms with Crippen LogP contribution in [0.4, 0.5) is 0 Å². The molecule has 0 spiro atoms. The Bertz CT molecular complexity index is 410. The second kappa shape index (κ2) is 6.36. The van der Waals surface area contributed by atoms with Gasteiger partial charge in [0.15, 0.2) is 6.61 Å². The monoisotopic (exact) mass is 307 g/mol. The summed E-state index contributed by atoms with van der Waals surface area (Å²) in [4.78, 5) is 8.11. The molecule has 3 aliphatic heterocycles. The van der Waals surface area contributed by atoms with E-state index in [9.17, 15) is 0 Å². The molecule has 0 aromatic heterocycles. The number of ether oxygens (including phenoxy) is 1. The number of rotatable bonds is 4. The first-order valence-corrected chi connectivity index (χ1v) is 9.17. The van der Waals surface area contributed by atoms with Gasteiger partial charge >= 0.3 is 0 Å².